The Kier molecular flexibility index (Phi) is 4.70. The molecular formula is C15H23NS. The lowest BCUT2D eigenvalue weighted by atomic mass is 9.84. The number of rotatable bonds is 4. The minimum atomic E-state index is 0.199. The van der Waals surface area contributed by atoms with Crippen molar-refractivity contribution in [3.8, 4) is 0 Å². The van der Waals surface area contributed by atoms with Crippen molar-refractivity contribution in [1.82, 2.24) is 0 Å². The summed E-state index contributed by atoms with van der Waals surface area (Å²) in [4.78, 5) is 0.605. The molecule has 0 aliphatic carbocycles. The number of thiocarbonyl (C=S) groups is 1. The number of nitrogens with two attached hydrogens (primary N) is 1. The van der Waals surface area contributed by atoms with Crippen molar-refractivity contribution >= 4 is 17.2 Å². The van der Waals surface area contributed by atoms with Gasteiger partial charge in [-0.2, -0.15) is 0 Å². The van der Waals surface area contributed by atoms with Crippen molar-refractivity contribution in [2.75, 3.05) is 0 Å². The molecule has 0 fully saturated rings. The highest BCUT2D eigenvalue weighted by molar-refractivity contribution is 7.80. The number of aryl methyl sites for hydroxylation is 2. The first-order valence-electron chi connectivity index (χ1n) is 6.25. The van der Waals surface area contributed by atoms with Gasteiger partial charge in [-0.25, -0.2) is 0 Å². The van der Waals surface area contributed by atoms with Crippen LogP contribution in [0.4, 0.5) is 0 Å². The smallest absolute Gasteiger partial charge is 0.0730 e. The largest absolute Gasteiger partial charge is 0.393 e. The maximum atomic E-state index is 5.59. The third kappa shape index (κ3) is 4.12. The number of hydrogen-bond donors (Lipinski definition) is 1. The third-order valence-corrected chi connectivity index (χ3v) is 3.30. The van der Waals surface area contributed by atoms with E-state index in [9.17, 15) is 0 Å². The monoisotopic (exact) mass is 249 g/mol. The maximum absolute atomic E-state index is 5.59. The molecule has 2 N–H and O–H groups in total. The third-order valence-electron chi connectivity index (χ3n) is 3.09. The van der Waals surface area contributed by atoms with Crippen LogP contribution in [0.3, 0.4) is 0 Å². The molecule has 1 aromatic carbocycles. The van der Waals surface area contributed by atoms with E-state index in [1.165, 1.54) is 16.7 Å². The Bertz CT molecular complexity index is 402. The van der Waals surface area contributed by atoms with Crippen LogP contribution in [0.1, 0.15) is 50.8 Å². The fourth-order valence-electron chi connectivity index (χ4n) is 1.93. The van der Waals surface area contributed by atoms with E-state index in [-0.39, 0.29) is 5.41 Å². The van der Waals surface area contributed by atoms with Gasteiger partial charge in [-0.15, -0.1) is 0 Å². The highest BCUT2D eigenvalue weighted by atomic mass is 32.1. The SMILES string of the molecule is CCc1ccc(C(C)(C)C)cc1CCC(N)=S. The van der Waals surface area contributed by atoms with Gasteiger partial charge < -0.3 is 5.73 Å². The van der Waals surface area contributed by atoms with Crippen molar-refractivity contribution in [3.05, 3.63) is 34.9 Å². The van der Waals surface area contributed by atoms with Gasteiger partial charge in [0.2, 0.25) is 0 Å². The summed E-state index contributed by atoms with van der Waals surface area (Å²) in [6, 6.07) is 6.80. The number of hydrogen-bond acceptors (Lipinski definition) is 1. The summed E-state index contributed by atoms with van der Waals surface area (Å²) in [7, 11) is 0. The van der Waals surface area contributed by atoms with Gasteiger partial charge in [0.15, 0.2) is 0 Å². The van der Waals surface area contributed by atoms with Gasteiger partial charge in [0, 0.05) is 6.42 Å². The van der Waals surface area contributed by atoms with E-state index < -0.39 is 0 Å². The molecule has 0 unspecified atom stereocenters. The van der Waals surface area contributed by atoms with E-state index in [4.69, 9.17) is 18.0 Å². The molecule has 2 heteroatoms. The molecule has 0 radical (unpaired) electrons. The zero-order valence-corrected chi connectivity index (χ0v) is 12.2. The van der Waals surface area contributed by atoms with E-state index in [1.54, 1.807) is 0 Å². The molecule has 0 saturated heterocycles. The predicted molar refractivity (Wildman–Crippen MR) is 79.6 cm³/mol. The second kappa shape index (κ2) is 5.63. The van der Waals surface area contributed by atoms with Gasteiger partial charge in [-0.05, 0) is 34.9 Å². The van der Waals surface area contributed by atoms with E-state index in [0.29, 0.717) is 4.99 Å². The predicted octanol–water partition coefficient (Wildman–Crippen LogP) is 3.77. The molecule has 0 atom stereocenters. The van der Waals surface area contributed by atoms with E-state index in [1.807, 2.05) is 0 Å². The summed E-state index contributed by atoms with van der Waals surface area (Å²) >= 11 is 4.96. The summed E-state index contributed by atoms with van der Waals surface area (Å²) in [5.41, 5.74) is 9.98. The molecule has 0 saturated carbocycles. The van der Waals surface area contributed by atoms with Gasteiger partial charge in [0.05, 0.1) is 4.99 Å². The fourth-order valence-corrected chi connectivity index (χ4v) is 2.03. The fraction of sp³-hybridized carbons (Fsp3) is 0.533. The highest BCUT2D eigenvalue weighted by Gasteiger charge is 2.15. The number of benzene rings is 1. The first-order valence-corrected chi connectivity index (χ1v) is 6.66. The molecule has 0 amide bonds. The second-order valence-corrected chi connectivity index (χ2v) is 6.08. The van der Waals surface area contributed by atoms with Crippen molar-refractivity contribution in [1.29, 1.82) is 0 Å². The molecule has 0 aliphatic rings. The molecule has 0 bridgehead atoms. The normalized spacial score (nSPS) is 11.5. The quantitative estimate of drug-likeness (QED) is 0.822. The van der Waals surface area contributed by atoms with Crippen LogP contribution in [0.25, 0.3) is 0 Å². The first-order chi connectivity index (χ1) is 7.84. The van der Waals surface area contributed by atoms with Crippen LogP contribution in [0.2, 0.25) is 0 Å². The van der Waals surface area contributed by atoms with E-state index in [2.05, 4.69) is 45.9 Å². The van der Waals surface area contributed by atoms with E-state index in [0.717, 1.165) is 19.3 Å². The maximum Gasteiger partial charge on any atom is 0.0730 e. The highest BCUT2D eigenvalue weighted by Crippen LogP contribution is 2.25. The molecule has 0 heterocycles. The molecular weight excluding hydrogens is 226 g/mol. The Hall–Kier alpha value is -0.890. The van der Waals surface area contributed by atoms with Crippen molar-refractivity contribution in [2.45, 2.75) is 52.4 Å². The van der Waals surface area contributed by atoms with Crippen LogP contribution < -0.4 is 5.73 Å². The average Bonchev–Trinajstić information content (AvgIpc) is 2.24. The Morgan fingerprint density at radius 3 is 2.35 bits per heavy atom. The zero-order valence-electron chi connectivity index (χ0n) is 11.3. The molecule has 1 nitrogen and oxygen atoms in total. The van der Waals surface area contributed by atoms with Gasteiger partial charge in [-0.1, -0.05) is 58.1 Å². The summed E-state index contributed by atoms with van der Waals surface area (Å²) in [5, 5.41) is 0. The van der Waals surface area contributed by atoms with Crippen LogP contribution >= 0.6 is 12.2 Å². The summed E-state index contributed by atoms with van der Waals surface area (Å²) < 4.78 is 0. The molecule has 1 rings (SSSR count). The van der Waals surface area contributed by atoms with E-state index >= 15 is 0 Å². The summed E-state index contributed by atoms with van der Waals surface area (Å²) in [6.07, 6.45) is 2.83. The first kappa shape index (κ1) is 14.2. The Balaban J connectivity index is 3.02. The molecule has 0 aliphatic heterocycles. The topological polar surface area (TPSA) is 26.0 Å². The van der Waals surface area contributed by atoms with Crippen LogP contribution in [0, 0.1) is 0 Å². The lowest BCUT2D eigenvalue weighted by Gasteiger charge is -2.21. The summed E-state index contributed by atoms with van der Waals surface area (Å²) in [5.74, 6) is 0. The van der Waals surface area contributed by atoms with Gasteiger partial charge in [0.1, 0.15) is 0 Å². The standard InChI is InChI=1S/C15H23NS/c1-5-11-6-8-13(15(2,3)4)10-12(11)7-9-14(16)17/h6,8,10H,5,7,9H2,1-4H3,(H2,16,17). The lowest BCUT2D eigenvalue weighted by molar-refractivity contribution is 0.589. The molecule has 1 aromatic rings. The van der Waals surface area contributed by atoms with Gasteiger partial charge in [0.25, 0.3) is 0 Å². The Morgan fingerprint density at radius 1 is 1.24 bits per heavy atom. The van der Waals surface area contributed by atoms with Crippen LogP contribution in [-0.4, -0.2) is 4.99 Å². The van der Waals surface area contributed by atoms with Crippen molar-refractivity contribution < 1.29 is 0 Å². The Labute approximate surface area is 110 Å². The van der Waals surface area contributed by atoms with Crippen molar-refractivity contribution in [3.63, 3.8) is 0 Å². The molecule has 0 aromatic heterocycles. The average molecular weight is 249 g/mol. The van der Waals surface area contributed by atoms with Gasteiger partial charge in [-0.3, -0.25) is 0 Å². The van der Waals surface area contributed by atoms with Crippen LogP contribution in [-0.2, 0) is 18.3 Å². The zero-order chi connectivity index (χ0) is 13.1. The van der Waals surface area contributed by atoms with Crippen LogP contribution in [0.5, 0.6) is 0 Å². The lowest BCUT2D eigenvalue weighted by Crippen LogP contribution is -2.13. The minimum absolute atomic E-state index is 0.199. The minimum Gasteiger partial charge on any atom is -0.393 e. The van der Waals surface area contributed by atoms with Gasteiger partial charge >= 0.3 is 0 Å². The molecule has 17 heavy (non-hydrogen) atoms. The van der Waals surface area contributed by atoms with Crippen LogP contribution in [0.15, 0.2) is 18.2 Å². The van der Waals surface area contributed by atoms with Crippen molar-refractivity contribution in [2.24, 2.45) is 5.73 Å². The summed E-state index contributed by atoms with van der Waals surface area (Å²) in [6.45, 7) is 8.91. The molecule has 94 valence electrons. The molecule has 0 spiro atoms. The Morgan fingerprint density at radius 2 is 1.88 bits per heavy atom. The second-order valence-electron chi connectivity index (χ2n) is 5.55.